The molecule has 1 aliphatic heterocycles. The highest BCUT2D eigenvalue weighted by Gasteiger charge is 2.29. The van der Waals surface area contributed by atoms with Gasteiger partial charge in [-0.25, -0.2) is 0 Å². The van der Waals surface area contributed by atoms with Crippen LogP contribution in [0.2, 0.25) is 0 Å². The minimum atomic E-state index is 0.252. The van der Waals surface area contributed by atoms with Crippen LogP contribution in [0.3, 0.4) is 0 Å². The molecule has 0 spiro atoms. The quantitative estimate of drug-likeness (QED) is 0.768. The number of hydrogen-bond donors (Lipinski definition) is 0. The third-order valence-corrected chi connectivity index (χ3v) is 5.67. The maximum absolute atomic E-state index is 12.6. The van der Waals surface area contributed by atoms with Gasteiger partial charge in [0.1, 0.15) is 0 Å². The van der Waals surface area contributed by atoms with Crippen LogP contribution >= 0.6 is 0 Å². The number of carbonyl (C=O) groups is 1. The van der Waals surface area contributed by atoms with Crippen LogP contribution in [0.5, 0.6) is 0 Å². The van der Waals surface area contributed by atoms with Gasteiger partial charge in [-0.05, 0) is 52.0 Å². The van der Waals surface area contributed by atoms with Crippen LogP contribution < -0.4 is 0 Å². The fourth-order valence-electron chi connectivity index (χ4n) is 4.30. The first kappa shape index (κ1) is 17.8. The van der Waals surface area contributed by atoms with E-state index in [1.807, 2.05) is 4.90 Å². The van der Waals surface area contributed by atoms with Crippen molar-refractivity contribution in [2.75, 3.05) is 32.7 Å². The third kappa shape index (κ3) is 5.26. The largest absolute Gasteiger partial charge is 0.343 e. The first-order chi connectivity index (χ1) is 10.7. The summed E-state index contributed by atoms with van der Waals surface area (Å²) in [7, 11) is 0. The van der Waals surface area contributed by atoms with Gasteiger partial charge in [0.05, 0.1) is 5.92 Å². The average Bonchev–Trinajstić information content (AvgIpc) is 2.51. The summed E-state index contributed by atoms with van der Waals surface area (Å²) in [6.45, 7) is 9.35. The van der Waals surface area contributed by atoms with Gasteiger partial charge in [-0.2, -0.15) is 0 Å². The van der Waals surface area contributed by atoms with E-state index in [9.17, 15) is 4.79 Å². The Morgan fingerprint density at radius 2 is 1.59 bits per heavy atom. The molecule has 2 aliphatic rings. The summed E-state index contributed by atoms with van der Waals surface area (Å²) in [5, 5.41) is 0. The molecular formula is C19H36N2O. The normalized spacial score (nSPS) is 25.5. The van der Waals surface area contributed by atoms with Crippen molar-refractivity contribution in [1.29, 1.82) is 0 Å². The van der Waals surface area contributed by atoms with E-state index in [1.165, 1.54) is 64.5 Å². The fourth-order valence-corrected chi connectivity index (χ4v) is 4.30. The number of nitrogens with zero attached hydrogens (tertiary/aromatic N) is 2. The first-order valence-corrected chi connectivity index (χ1v) is 9.75. The van der Waals surface area contributed by atoms with E-state index in [2.05, 4.69) is 18.7 Å². The van der Waals surface area contributed by atoms with Gasteiger partial charge in [0.25, 0.3) is 0 Å². The summed E-state index contributed by atoms with van der Waals surface area (Å²) < 4.78 is 0. The summed E-state index contributed by atoms with van der Waals surface area (Å²) in [5.74, 6) is 1.53. The lowest BCUT2D eigenvalue weighted by Gasteiger charge is -2.36. The third-order valence-electron chi connectivity index (χ3n) is 5.67. The standard InChI is InChI=1S/C19H36N2O/c1-3-21(4-2)19(22)18-13-10-14-20(16-18)15-17-11-8-6-5-7-9-12-17/h17-18H,3-16H2,1-2H3. The summed E-state index contributed by atoms with van der Waals surface area (Å²) in [6, 6.07) is 0. The van der Waals surface area contributed by atoms with Crippen molar-refractivity contribution in [2.24, 2.45) is 11.8 Å². The number of piperidine rings is 1. The van der Waals surface area contributed by atoms with E-state index < -0.39 is 0 Å². The molecule has 1 saturated heterocycles. The fraction of sp³-hybridized carbons (Fsp3) is 0.947. The maximum Gasteiger partial charge on any atom is 0.226 e. The van der Waals surface area contributed by atoms with Crippen LogP contribution in [-0.4, -0.2) is 48.4 Å². The van der Waals surface area contributed by atoms with E-state index >= 15 is 0 Å². The van der Waals surface area contributed by atoms with Gasteiger partial charge in [-0.3, -0.25) is 4.79 Å². The molecule has 3 heteroatoms. The molecule has 1 unspecified atom stereocenters. The average molecular weight is 309 g/mol. The summed E-state index contributed by atoms with van der Waals surface area (Å²) in [6.07, 6.45) is 12.2. The monoisotopic (exact) mass is 308 g/mol. The van der Waals surface area contributed by atoms with Crippen molar-refractivity contribution in [1.82, 2.24) is 9.80 Å². The molecule has 3 nitrogen and oxygen atoms in total. The van der Waals surface area contributed by atoms with Crippen LogP contribution in [0.1, 0.15) is 71.6 Å². The topological polar surface area (TPSA) is 23.6 Å². The van der Waals surface area contributed by atoms with Crippen molar-refractivity contribution in [3.05, 3.63) is 0 Å². The molecule has 0 bridgehead atoms. The van der Waals surface area contributed by atoms with Crippen molar-refractivity contribution < 1.29 is 4.79 Å². The molecule has 0 aromatic rings. The van der Waals surface area contributed by atoms with E-state index in [0.717, 1.165) is 32.0 Å². The molecule has 0 N–H and O–H groups in total. The van der Waals surface area contributed by atoms with Crippen LogP contribution in [-0.2, 0) is 4.79 Å². The Balaban J connectivity index is 1.83. The molecular weight excluding hydrogens is 272 g/mol. The molecule has 2 fully saturated rings. The van der Waals surface area contributed by atoms with Crippen molar-refractivity contribution in [3.8, 4) is 0 Å². The molecule has 1 amide bonds. The molecule has 1 saturated carbocycles. The van der Waals surface area contributed by atoms with Gasteiger partial charge >= 0.3 is 0 Å². The Hall–Kier alpha value is -0.570. The Kier molecular flexibility index (Phi) is 7.71. The van der Waals surface area contributed by atoms with Crippen LogP contribution in [0.25, 0.3) is 0 Å². The number of hydrogen-bond acceptors (Lipinski definition) is 2. The predicted octanol–water partition coefficient (Wildman–Crippen LogP) is 3.93. The molecule has 0 aromatic heterocycles. The Morgan fingerprint density at radius 3 is 2.23 bits per heavy atom. The molecule has 1 heterocycles. The van der Waals surface area contributed by atoms with Crippen LogP contribution in [0, 0.1) is 11.8 Å². The zero-order valence-electron chi connectivity index (χ0n) is 14.9. The van der Waals surface area contributed by atoms with Crippen LogP contribution in [0.15, 0.2) is 0 Å². The molecule has 1 atom stereocenters. The number of likely N-dealkylation sites (tertiary alicyclic amines) is 1. The first-order valence-electron chi connectivity index (χ1n) is 9.75. The second-order valence-corrected chi connectivity index (χ2v) is 7.32. The van der Waals surface area contributed by atoms with Gasteiger partial charge < -0.3 is 9.80 Å². The highest BCUT2D eigenvalue weighted by atomic mass is 16.2. The Labute approximate surface area is 137 Å². The highest BCUT2D eigenvalue weighted by molar-refractivity contribution is 5.79. The number of amides is 1. The van der Waals surface area contributed by atoms with E-state index in [1.54, 1.807) is 0 Å². The Bertz CT molecular complexity index is 319. The van der Waals surface area contributed by atoms with Gasteiger partial charge in [0.2, 0.25) is 5.91 Å². The smallest absolute Gasteiger partial charge is 0.226 e. The summed E-state index contributed by atoms with van der Waals surface area (Å²) in [5.41, 5.74) is 0. The van der Waals surface area contributed by atoms with E-state index in [0.29, 0.717) is 5.91 Å². The second-order valence-electron chi connectivity index (χ2n) is 7.32. The molecule has 2 rings (SSSR count). The lowest BCUT2D eigenvalue weighted by atomic mass is 9.89. The van der Waals surface area contributed by atoms with Gasteiger partial charge in [-0.1, -0.05) is 32.1 Å². The van der Waals surface area contributed by atoms with Crippen molar-refractivity contribution in [3.63, 3.8) is 0 Å². The number of carbonyl (C=O) groups excluding carboxylic acids is 1. The minimum absolute atomic E-state index is 0.252. The Morgan fingerprint density at radius 1 is 0.955 bits per heavy atom. The van der Waals surface area contributed by atoms with Gasteiger partial charge in [0.15, 0.2) is 0 Å². The zero-order chi connectivity index (χ0) is 15.8. The lowest BCUT2D eigenvalue weighted by Crippen LogP contribution is -2.46. The van der Waals surface area contributed by atoms with Gasteiger partial charge in [-0.15, -0.1) is 0 Å². The van der Waals surface area contributed by atoms with Crippen molar-refractivity contribution in [2.45, 2.75) is 71.6 Å². The molecule has 1 aliphatic carbocycles. The predicted molar refractivity (Wildman–Crippen MR) is 92.9 cm³/mol. The molecule has 128 valence electrons. The van der Waals surface area contributed by atoms with Gasteiger partial charge in [0, 0.05) is 26.2 Å². The lowest BCUT2D eigenvalue weighted by molar-refractivity contribution is -0.137. The SMILES string of the molecule is CCN(CC)C(=O)C1CCCN(CC2CCCCCCC2)C1. The molecule has 0 aromatic carbocycles. The summed E-state index contributed by atoms with van der Waals surface area (Å²) >= 11 is 0. The summed E-state index contributed by atoms with van der Waals surface area (Å²) in [4.78, 5) is 17.2. The second kappa shape index (κ2) is 9.54. The minimum Gasteiger partial charge on any atom is -0.343 e. The zero-order valence-corrected chi connectivity index (χ0v) is 14.9. The van der Waals surface area contributed by atoms with E-state index in [4.69, 9.17) is 0 Å². The maximum atomic E-state index is 12.6. The molecule has 22 heavy (non-hydrogen) atoms. The van der Waals surface area contributed by atoms with Crippen molar-refractivity contribution >= 4 is 5.91 Å². The number of rotatable bonds is 5. The highest BCUT2D eigenvalue weighted by Crippen LogP contribution is 2.26. The van der Waals surface area contributed by atoms with E-state index in [-0.39, 0.29) is 5.92 Å². The van der Waals surface area contributed by atoms with Crippen LogP contribution in [0.4, 0.5) is 0 Å². The molecule has 0 radical (unpaired) electrons.